The molecule has 0 fully saturated rings. The number of benzene rings is 2. The van der Waals surface area contributed by atoms with Gasteiger partial charge in [-0.05, 0) is 86.8 Å². The van der Waals surface area contributed by atoms with Gasteiger partial charge in [-0.15, -0.1) is 0 Å². The molecule has 2 nitrogen and oxygen atoms in total. The first kappa shape index (κ1) is 40.8. The van der Waals surface area contributed by atoms with Crippen LogP contribution in [0.15, 0.2) is 65.8 Å². The molecule has 0 aliphatic carbocycles. The Bertz CT molecular complexity index is 1240. The third-order valence-electron chi connectivity index (χ3n) is 10.6. The zero-order valence-corrected chi connectivity index (χ0v) is 32.5. The van der Waals surface area contributed by atoms with E-state index < -0.39 is 0 Å². The van der Waals surface area contributed by atoms with Gasteiger partial charge in [0.1, 0.15) is 0 Å². The van der Waals surface area contributed by atoms with E-state index in [1.54, 1.807) is 4.68 Å². The molecule has 0 unspecified atom stereocenters. The van der Waals surface area contributed by atoms with Crippen LogP contribution in [0.25, 0.3) is 11.5 Å². The summed E-state index contributed by atoms with van der Waals surface area (Å²) in [6.07, 6.45) is 36.6. The fraction of sp³-hybridized carbons (Fsp3) is 0.638. The first-order valence-corrected chi connectivity index (χ1v) is 21.1. The van der Waals surface area contributed by atoms with Gasteiger partial charge < -0.3 is 5.84 Å². The lowest BCUT2D eigenvalue weighted by atomic mass is 9.91. The van der Waals surface area contributed by atoms with E-state index in [4.69, 9.17) is 0 Å². The topological polar surface area (TPSA) is 26.8 Å². The van der Waals surface area contributed by atoms with Crippen LogP contribution in [0.4, 0.5) is 0 Å². The first-order valence-electron chi connectivity index (χ1n) is 21.1. The molecule has 0 aromatic heterocycles. The number of nitrogens with zero attached hydrogens (tertiary/aromatic N) is 1. The molecule has 3 rings (SSSR count). The van der Waals surface area contributed by atoms with Crippen LogP contribution in [0.2, 0.25) is 0 Å². The number of rotatable bonds is 28. The standard InChI is InChI=1S/C47H74N2/c1-5-9-13-14-15-16-17-18-19-20-21-22-23-24-25-26-27-31-45-44(30-12-8-4)46(42-36-32-40(33-37-42)28-10-6-2)49(48)47(45)43-38-34-41(35-39-43)29-11-7-3/h31-39,48H,5-30H2,1-4H3. The van der Waals surface area contributed by atoms with Gasteiger partial charge in [0.15, 0.2) is 0 Å². The number of unbranched alkanes of at least 4 members (excludes halogenated alkanes) is 19. The minimum Gasteiger partial charge on any atom is -0.448 e. The quantitative estimate of drug-likeness (QED) is 0.0638. The molecule has 0 radical (unpaired) electrons. The number of aryl methyl sites for hydroxylation is 2. The summed E-state index contributed by atoms with van der Waals surface area (Å²) in [5.74, 6) is 9.55. The molecule has 0 bridgehead atoms. The highest BCUT2D eigenvalue weighted by Gasteiger charge is 2.34. The van der Waals surface area contributed by atoms with Crippen molar-refractivity contribution in [2.24, 2.45) is 0 Å². The highest BCUT2D eigenvalue weighted by Crippen LogP contribution is 2.38. The molecule has 0 amide bonds. The lowest BCUT2D eigenvalue weighted by Crippen LogP contribution is -2.11. The Hall–Kier alpha value is -2.61. The van der Waals surface area contributed by atoms with Gasteiger partial charge >= 0.3 is 0 Å². The van der Waals surface area contributed by atoms with Crippen molar-refractivity contribution in [3.05, 3.63) is 93.8 Å². The number of nitrogens with one attached hydrogen (secondary N) is 1. The van der Waals surface area contributed by atoms with Crippen LogP contribution in [0.1, 0.15) is 204 Å². The van der Waals surface area contributed by atoms with Gasteiger partial charge in [0.25, 0.3) is 0 Å². The van der Waals surface area contributed by atoms with Crippen LogP contribution >= 0.6 is 0 Å². The van der Waals surface area contributed by atoms with E-state index in [0.29, 0.717) is 0 Å². The van der Waals surface area contributed by atoms with Gasteiger partial charge in [0.05, 0.1) is 5.57 Å². The highest BCUT2D eigenvalue weighted by atomic mass is 15.3. The average Bonchev–Trinajstić information content (AvgIpc) is 3.40. The Kier molecular flexibility index (Phi) is 21.1. The third kappa shape index (κ3) is 14.6. The summed E-state index contributed by atoms with van der Waals surface area (Å²) in [4.78, 5) is 0. The molecule has 0 saturated carbocycles. The molecule has 0 spiro atoms. The Morgan fingerprint density at radius 1 is 0.449 bits per heavy atom. The molecule has 1 heterocycles. The van der Waals surface area contributed by atoms with Crippen molar-refractivity contribution in [1.29, 1.82) is 0 Å². The van der Waals surface area contributed by atoms with Crippen LogP contribution in [0.3, 0.4) is 0 Å². The maximum absolute atomic E-state index is 9.55. The second kappa shape index (κ2) is 25.4. The maximum Gasteiger partial charge on any atom is 0.215 e. The van der Waals surface area contributed by atoms with Crippen LogP contribution in [-0.2, 0) is 12.8 Å². The highest BCUT2D eigenvalue weighted by molar-refractivity contribution is 6.16. The number of allylic oxidation sites excluding steroid dienone is 3. The molecule has 1 aliphatic heterocycles. The Morgan fingerprint density at radius 3 is 1.29 bits per heavy atom. The summed E-state index contributed by atoms with van der Waals surface area (Å²) < 4.78 is 1.78. The largest absolute Gasteiger partial charge is 0.448 e. The Balaban J connectivity index is 1.61. The SMILES string of the molecule is CCCCCCCCCCCCCCCCCCC=C1C(CCCC)=C(c2ccc(CCCC)cc2)[N+]([NH-])=C1c1ccc(CCCC)cc1. The lowest BCUT2D eigenvalue weighted by molar-refractivity contribution is -0.347. The van der Waals surface area contributed by atoms with Gasteiger partial charge in [-0.2, -0.15) is 0 Å². The second-order valence-corrected chi connectivity index (χ2v) is 14.9. The fourth-order valence-corrected chi connectivity index (χ4v) is 7.41. The molecule has 0 atom stereocenters. The van der Waals surface area contributed by atoms with Gasteiger partial charge in [-0.3, -0.25) is 0 Å². The molecule has 1 aliphatic rings. The molecule has 0 saturated heterocycles. The summed E-state index contributed by atoms with van der Waals surface area (Å²) >= 11 is 0. The van der Waals surface area contributed by atoms with Crippen molar-refractivity contribution in [3.63, 3.8) is 0 Å². The van der Waals surface area contributed by atoms with E-state index in [-0.39, 0.29) is 0 Å². The average molecular weight is 667 g/mol. The van der Waals surface area contributed by atoms with Crippen molar-refractivity contribution in [2.45, 2.75) is 195 Å². The summed E-state index contributed by atoms with van der Waals surface area (Å²) in [6.45, 7) is 9.11. The van der Waals surface area contributed by atoms with Gasteiger partial charge in [0, 0.05) is 16.7 Å². The van der Waals surface area contributed by atoms with Gasteiger partial charge in [-0.25, -0.2) is 4.68 Å². The fourth-order valence-electron chi connectivity index (χ4n) is 7.41. The molecule has 272 valence electrons. The second-order valence-electron chi connectivity index (χ2n) is 14.9. The molecular weight excluding hydrogens is 593 g/mol. The van der Waals surface area contributed by atoms with Crippen molar-refractivity contribution in [2.75, 3.05) is 0 Å². The Labute approximate surface area is 303 Å². The van der Waals surface area contributed by atoms with Crippen molar-refractivity contribution in [1.82, 2.24) is 0 Å². The molecule has 2 heteroatoms. The Morgan fingerprint density at radius 2 is 0.837 bits per heavy atom. The van der Waals surface area contributed by atoms with Crippen molar-refractivity contribution >= 4 is 11.4 Å². The third-order valence-corrected chi connectivity index (χ3v) is 10.6. The predicted molar refractivity (Wildman–Crippen MR) is 217 cm³/mol. The minimum absolute atomic E-state index is 1.03. The lowest BCUT2D eigenvalue weighted by Gasteiger charge is -2.09. The molecule has 2 aromatic carbocycles. The molecule has 49 heavy (non-hydrogen) atoms. The van der Waals surface area contributed by atoms with Gasteiger partial charge in [-0.1, -0.05) is 174 Å². The number of hydrogen-bond donors (Lipinski definition) is 0. The van der Waals surface area contributed by atoms with Gasteiger partial charge in [0.2, 0.25) is 11.4 Å². The predicted octanol–water partition coefficient (Wildman–Crippen LogP) is 15.3. The summed E-state index contributed by atoms with van der Waals surface area (Å²) in [6, 6.07) is 18.3. The summed E-state index contributed by atoms with van der Waals surface area (Å²) in [5.41, 5.74) is 10.0. The number of hydrogen-bond acceptors (Lipinski definition) is 0. The van der Waals surface area contributed by atoms with Crippen LogP contribution in [-0.4, -0.2) is 10.4 Å². The minimum atomic E-state index is 1.03. The molecule has 2 aromatic rings. The monoisotopic (exact) mass is 667 g/mol. The van der Waals surface area contributed by atoms with E-state index in [1.165, 1.54) is 168 Å². The van der Waals surface area contributed by atoms with E-state index in [2.05, 4.69) is 82.3 Å². The zero-order valence-electron chi connectivity index (χ0n) is 32.5. The first-order chi connectivity index (χ1) is 24.1. The van der Waals surface area contributed by atoms with E-state index >= 15 is 0 Å². The van der Waals surface area contributed by atoms with E-state index in [9.17, 15) is 5.84 Å². The van der Waals surface area contributed by atoms with E-state index in [1.807, 2.05) is 0 Å². The molecular formula is C47H74N2. The zero-order chi connectivity index (χ0) is 34.9. The summed E-state index contributed by atoms with van der Waals surface area (Å²) in [7, 11) is 0. The normalized spacial score (nSPS) is 14.2. The van der Waals surface area contributed by atoms with Crippen molar-refractivity contribution < 1.29 is 4.68 Å². The van der Waals surface area contributed by atoms with Crippen LogP contribution in [0, 0.1) is 0 Å². The molecule has 1 N–H and O–H groups in total. The van der Waals surface area contributed by atoms with Crippen molar-refractivity contribution in [3.8, 4) is 0 Å². The summed E-state index contributed by atoms with van der Waals surface area (Å²) in [5, 5.41) is 0. The maximum atomic E-state index is 9.55. The van der Waals surface area contributed by atoms with Crippen LogP contribution in [0.5, 0.6) is 0 Å². The van der Waals surface area contributed by atoms with Crippen LogP contribution < -0.4 is 0 Å². The van der Waals surface area contributed by atoms with E-state index in [0.717, 1.165) is 43.5 Å². The smallest absolute Gasteiger partial charge is 0.215 e.